The number of carbonyl (C=O) groups excluding carboxylic acids is 3. The lowest BCUT2D eigenvalue weighted by Crippen LogP contribution is -2.21. The monoisotopic (exact) mass is 399 g/mol. The second kappa shape index (κ2) is 8.45. The first-order valence-corrected chi connectivity index (χ1v) is 9.24. The van der Waals surface area contributed by atoms with Crippen LogP contribution >= 0.6 is 0 Å². The highest BCUT2D eigenvalue weighted by atomic mass is 16.5. The zero-order chi connectivity index (χ0) is 20.9. The molecule has 0 unspecified atom stereocenters. The number of carbonyl (C=O) groups is 3. The van der Waals surface area contributed by atoms with E-state index in [0.717, 1.165) is 10.8 Å². The van der Waals surface area contributed by atoms with Crippen molar-refractivity contribution in [1.82, 2.24) is 0 Å². The van der Waals surface area contributed by atoms with E-state index in [2.05, 4.69) is 5.32 Å². The normalized spacial score (nSPS) is 10.5. The summed E-state index contributed by atoms with van der Waals surface area (Å²) in [7, 11) is 0. The van der Waals surface area contributed by atoms with Crippen molar-refractivity contribution in [3.63, 3.8) is 0 Å². The Bertz CT molecular complexity index is 1220. The number of hydrogen-bond donors (Lipinski definition) is 1. The van der Waals surface area contributed by atoms with Gasteiger partial charge < -0.3 is 14.5 Å². The minimum absolute atomic E-state index is 0.227. The number of anilines is 1. The second-order valence-corrected chi connectivity index (χ2v) is 6.55. The third kappa shape index (κ3) is 4.12. The van der Waals surface area contributed by atoms with E-state index in [0.29, 0.717) is 28.9 Å². The molecule has 0 aliphatic heterocycles. The third-order valence-corrected chi connectivity index (χ3v) is 4.55. The van der Waals surface area contributed by atoms with Gasteiger partial charge in [-0.3, -0.25) is 9.59 Å². The molecule has 0 fully saturated rings. The van der Waals surface area contributed by atoms with Crippen molar-refractivity contribution >= 4 is 34.6 Å². The van der Waals surface area contributed by atoms with Gasteiger partial charge in [0.15, 0.2) is 18.7 Å². The van der Waals surface area contributed by atoms with E-state index in [1.165, 1.54) is 0 Å². The lowest BCUT2D eigenvalue weighted by molar-refractivity contribution is -0.119. The molecule has 0 atom stereocenters. The zero-order valence-electron chi connectivity index (χ0n) is 15.8. The quantitative estimate of drug-likeness (QED) is 0.375. The summed E-state index contributed by atoms with van der Waals surface area (Å²) in [5.41, 5.74) is 1.68. The molecule has 0 spiro atoms. The smallest absolute Gasteiger partial charge is 0.338 e. The molecule has 0 aliphatic rings. The molecule has 1 N–H and O–H groups in total. The van der Waals surface area contributed by atoms with Crippen molar-refractivity contribution in [3.05, 3.63) is 90.2 Å². The topological polar surface area (TPSA) is 85.6 Å². The van der Waals surface area contributed by atoms with E-state index in [1.807, 2.05) is 36.4 Å². The first kappa shape index (κ1) is 19.1. The van der Waals surface area contributed by atoms with Crippen LogP contribution in [0.15, 0.2) is 83.3 Å². The zero-order valence-corrected chi connectivity index (χ0v) is 15.8. The van der Waals surface area contributed by atoms with E-state index >= 15 is 0 Å². The molecule has 0 radical (unpaired) electrons. The van der Waals surface area contributed by atoms with E-state index in [9.17, 15) is 14.4 Å². The molecule has 4 aromatic rings. The highest BCUT2D eigenvalue weighted by molar-refractivity contribution is 6.03. The standard InChI is InChI=1S/C24H17NO5/c26-14-19-12-13-22(30-19)17-8-10-18(11-9-17)24(28)29-15-23(27)25-21-7-3-5-16-4-1-2-6-20(16)21/h1-14H,15H2,(H,25,27). The first-order valence-electron chi connectivity index (χ1n) is 9.24. The summed E-state index contributed by atoms with van der Waals surface area (Å²) in [5, 5.41) is 4.69. The number of ether oxygens (including phenoxy) is 1. The minimum Gasteiger partial charge on any atom is -0.453 e. The second-order valence-electron chi connectivity index (χ2n) is 6.55. The van der Waals surface area contributed by atoms with Crippen LogP contribution in [0.2, 0.25) is 0 Å². The van der Waals surface area contributed by atoms with Crippen molar-refractivity contribution in [2.45, 2.75) is 0 Å². The van der Waals surface area contributed by atoms with Gasteiger partial charge in [-0.05, 0) is 35.7 Å². The fraction of sp³-hybridized carbons (Fsp3) is 0.0417. The Kier molecular flexibility index (Phi) is 5.39. The molecule has 4 rings (SSSR count). The first-order chi connectivity index (χ1) is 14.6. The van der Waals surface area contributed by atoms with Crippen molar-refractivity contribution < 1.29 is 23.5 Å². The Balaban J connectivity index is 1.37. The number of aldehydes is 1. The number of benzene rings is 3. The fourth-order valence-corrected chi connectivity index (χ4v) is 3.08. The van der Waals surface area contributed by atoms with Gasteiger partial charge in [-0.25, -0.2) is 4.79 Å². The number of nitrogens with one attached hydrogen (secondary N) is 1. The Hall–Kier alpha value is -4.19. The van der Waals surface area contributed by atoms with E-state index in [-0.39, 0.29) is 5.76 Å². The molecular formula is C24H17NO5. The highest BCUT2D eigenvalue weighted by Crippen LogP contribution is 2.23. The van der Waals surface area contributed by atoms with E-state index < -0.39 is 18.5 Å². The van der Waals surface area contributed by atoms with E-state index in [4.69, 9.17) is 9.15 Å². The Labute approximate surface area is 172 Å². The average molecular weight is 399 g/mol. The molecule has 148 valence electrons. The minimum atomic E-state index is -0.609. The summed E-state index contributed by atoms with van der Waals surface area (Å²) in [6, 6.07) is 23.0. The van der Waals surface area contributed by atoms with Gasteiger partial charge in [0.1, 0.15) is 5.76 Å². The van der Waals surface area contributed by atoms with Crippen LogP contribution in [0.3, 0.4) is 0 Å². The van der Waals surface area contributed by atoms with Crippen LogP contribution in [0.1, 0.15) is 20.9 Å². The molecule has 6 nitrogen and oxygen atoms in total. The van der Waals surface area contributed by atoms with Crippen LogP contribution < -0.4 is 5.32 Å². The number of rotatable bonds is 6. The maximum absolute atomic E-state index is 12.2. The molecule has 6 heteroatoms. The van der Waals surface area contributed by atoms with Crippen molar-refractivity contribution in [2.24, 2.45) is 0 Å². The summed E-state index contributed by atoms with van der Waals surface area (Å²) in [6.07, 6.45) is 0.624. The predicted octanol–water partition coefficient (Wildman–Crippen LogP) is 4.71. The van der Waals surface area contributed by atoms with Gasteiger partial charge in [0.25, 0.3) is 5.91 Å². The number of furan rings is 1. The molecule has 0 bridgehead atoms. The van der Waals surface area contributed by atoms with Gasteiger partial charge >= 0.3 is 5.97 Å². The van der Waals surface area contributed by atoms with Gasteiger partial charge in [-0.1, -0.05) is 48.5 Å². The van der Waals surface area contributed by atoms with Gasteiger partial charge in [0.2, 0.25) is 0 Å². The van der Waals surface area contributed by atoms with Crippen LogP contribution in [0, 0.1) is 0 Å². The lowest BCUT2D eigenvalue weighted by atomic mass is 10.1. The van der Waals surface area contributed by atoms with Crippen LogP contribution in [0.25, 0.3) is 22.1 Å². The SMILES string of the molecule is O=Cc1ccc(-c2ccc(C(=O)OCC(=O)Nc3cccc4ccccc34)cc2)o1. The molecule has 0 saturated heterocycles. The average Bonchev–Trinajstić information content (AvgIpc) is 3.27. The van der Waals surface area contributed by atoms with Gasteiger partial charge in [-0.2, -0.15) is 0 Å². The number of fused-ring (bicyclic) bond motifs is 1. The van der Waals surface area contributed by atoms with E-state index in [1.54, 1.807) is 42.5 Å². The summed E-state index contributed by atoms with van der Waals surface area (Å²) in [4.78, 5) is 35.2. The maximum Gasteiger partial charge on any atom is 0.338 e. The Morgan fingerprint density at radius 3 is 2.43 bits per heavy atom. The number of amides is 1. The fourth-order valence-electron chi connectivity index (χ4n) is 3.08. The largest absolute Gasteiger partial charge is 0.453 e. The Morgan fingerprint density at radius 1 is 0.900 bits per heavy atom. The predicted molar refractivity (Wildman–Crippen MR) is 112 cm³/mol. The highest BCUT2D eigenvalue weighted by Gasteiger charge is 2.12. The van der Waals surface area contributed by atoms with Crippen LogP contribution in [0.4, 0.5) is 5.69 Å². The van der Waals surface area contributed by atoms with Crippen molar-refractivity contribution in [2.75, 3.05) is 11.9 Å². The van der Waals surface area contributed by atoms with Crippen LogP contribution in [-0.4, -0.2) is 24.8 Å². The van der Waals surface area contributed by atoms with Crippen LogP contribution in [0.5, 0.6) is 0 Å². The number of esters is 1. The summed E-state index contributed by atoms with van der Waals surface area (Å²) < 4.78 is 10.5. The number of hydrogen-bond acceptors (Lipinski definition) is 5. The Morgan fingerprint density at radius 2 is 1.67 bits per heavy atom. The third-order valence-electron chi connectivity index (χ3n) is 4.55. The maximum atomic E-state index is 12.2. The molecule has 1 amide bonds. The molecule has 3 aromatic carbocycles. The van der Waals surface area contributed by atoms with Gasteiger partial charge in [-0.15, -0.1) is 0 Å². The molecule has 1 aromatic heterocycles. The molecule has 0 aliphatic carbocycles. The molecule has 30 heavy (non-hydrogen) atoms. The molecular weight excluding hydrogens is 382 g/mol. The van der Waals surface area contributed by atoms with Gasteiger partial charge in [0, 0.05) is 16.6 Å². The van der Waals surface area contributed by atoms with Crippen molar-refractivity contribution in [3.8, 4) is 11.3 Å². The van der Waals surface area contributed by atoms with Gasteiger partial charge in [0.05, 0.1) is 5.56 Å². The summed E-state index contributed by atoms with van der Waals surface area (Å²) in [6.45, 7) is -0.398. The lowest BCUT2D eigenvalue weighted by Gasteiger charge is -2.09. The molecule has 0 saturated carbocycles. The summed E-state index contributed by atoms with van der Waals surface area (Å²) in [5.74, 6) is -0.284. The van der Waals surface area contributed by atoms with Crippen molar-refractivity contribution in [1.29, 1.82) is 0 Å². The van der Waals surface area contributed by atoms with Crippen LogP contribution in [-0.2, 0) is 9.53 Å². The molecule has 1 heterocycles. The summed E-state index contributed by atoms with van der Waals surface area (Å²) >= 11 is 0.